The molecule has 3 heterocycles. The highest BCUT2D eigenvalue weighted by atomic mass is 32.1. The third kappa shape index (κ3) is 2.43. The van der Waals surface area contributed by atoms with E-state index in [0.29, 0.717) is 13.1 Å². The quantitative estimate of drug-likeness (QED) is 0.724. The molecule has 102 valence electrons. The van der Waals surface area contributed by atoms with E-state index in [1.54, 1.807) is 11.3 Å². The number of carboxylic acids is 1. The third-order valence-corrected chi connectivity index (χ3v) is 3.54. The Bertz CT molecular complexity index is 752. The average molecular weight is 290 g/mol. The van der Waals surface area contributed by atoms with Crippen LogP contribution in [-0.2, 0) is 6.54 Å². The van der Waals surface area contributed by atoms with Crippen molar-refractivity contribution in [3.8, 4) is 0 Å². The van der Waals surface area contributed by atoms with E-state index in [4.69, 9.17) is 5.11 Å². The molecule has 0 aliphatic rings. The van der Waals surface area contributed by atoms with Crippen molar-refractivity contribution < 1.29 is 9.90 Å². The zero-order valence-corrected chi connectivity index (χ0v) is 11.0. The van der Waals surface area contributed by atoms with Crippen molar-refractivity contribution in [3.63, 3.8) is 0 Å². The molecular formula is C11H10N6O2S. The Morgan fingerprint density at radius 1 is 1.45 bits per heavy atom. The van der Waals surface area contributed by atoms with E-state index in [0.717, 1.165) is 16.0 Å². The van der Waals surface area contributed by atoms with Gasteiger partial charge < -0.3 is 10.4 Å². The van der Waals surface area contributed by atoms with Crippen LogP contribution >= 0.6 is 11.3 Å². The number of aromatic nitrogens is 5. The number of carbonyl (C=O) groups is 1. The van der Waals surface area contributed by atoms with E-state index >= 15 is 0 Å². The molecule has 0 aliphatic heterocycles. The van der Waals surface area contributed by atoms with Gasteiger partial charge in [-0.3, -0.25) is 0 Å². The second kappa shape index (κ2) is 5.21. The number of nitrogens with zero attached hydrogens (tertiary/aromatic N) is 5. The minimum absolute atomic E-state index is 0.0623. The molecule has 0 saturated carbocycles. The standard InChI is InChI=1S/C11H10N6O2S/c18-11(19)8-5-17(16-15-8)3-2-12-10-9-7(1-4-20-9)13-6-14-10/h1,4-6H,2-3H2,(H,18,19)(H,12,13,14). The molecule has 0 amide bonds. The van der Waals surface area contributed by atoms with Gasteiger partial charge in [0, 0.05) is 6.54 Å². The molecular weight excluding hydrogens is 280 g/mol. The van der Waals surface area contributed by atoms with E-state index in [1.165, 1.54) is 17.2 Å². The zero-order valence-electron chi connectivity index (χ0n) is 10.2. The number of carboxylic acid groups (broad SMARTS) is 1. The molecule has 0 aromatic carbocycles. The molecule has 3 aromatic heterocycles. The smallest absolute Gasteiger partial charge is 0.358 e. The molecule has 0 aliphatic carbocycles. The SMILES string of the molecule is O=C(O)c1cn(CCNc2ncnc3ccsc23)nn1. The lowest BCUT2D eigenvalue weighted by atomic mass is 10.4. The first-order valence-electron chi connectivity index (χ1n) is 5.79. The second-order valence-corrected chi connectivity index (χ2v) is 4.87. The summed E-state index contributed by atoms with van der Waals surface area (Å²) in [5, 5.41) is 21.2. The lowest BCUT2D eigenvalue weighted by Gasteiger charge is -2.05. The summed E-state index contributed by atoms with van der Waals surface area (Å²) in [4.78, 5) is 19.0. The van der Waals surface area contributed by atoms with E-state index in [9.17, 15) is 4.79 Å². The van der Waals surface area contributed by atoms with Crippen LogP contribution in [0.5, 0.6) is 0 Å². The largest absolute Gasteiger partial charge is 0.476 e. The predicted octanol–water partition coefficient (Wildman–Crippen LogP) is 1.09. The molecule has 0 fully saturated rings. The molecule has 2 N–H and O–H groups in total. The first-order chi connectivity index (χ1) is 9.74. The number of hydrogen-bond donors (Lipinski definition) is 2. The van der Waals surface area contributed by atoms with Gasteiger partial charge in [-0.25, -0.2) is 19.4 Å². The predicted molar refractivity (Wildman–Crippen MR) is 72.9 cm³/mol. The highest BCUT2D eigenvalue weighted by molar-refractivity contribution is 7.17. The molecule has 9 heteroatoms. The summed E-state index contributed by atoms with van der Waals surface area (Å²) in [6.07, 6.45) is 2.90. The average Bonchev–Trinajstić information content (AvgIpc) is 3.07. The third-order valence-electron chi connectivity index (χ3n) is 2.63. The number of fused-ring (bicyclic) bond motifs is 1. The molecule has 8 nitrogen and oxygen atoms in total. The van der Waals surface area contributed by atoms with Gasteiger partial charge in [0.2, 0.25) is 0 Å². The number of anilines is 1. The first kappa shape index (κ1) is 12.5. The Kier molecular flexibility index (Phi) is 3.25. The summed E-state index contributed by atoms with van der Waals surface area (Å²) in [7, 11) is 0. The van der Waals surface area contributed by atoms with Gasteiger partial charge in [0.05, 0.1) is 23.0 Å². The maximum Gasteiger partial charge on any atom is 0.358 e. The fourth-order valence-corrected chi connectivity index (χ4v) is 2.52. The molecule has 0 spiro atoms. The maximum absolute atomic E-state index is 10.7. The van der Waals surface area contributed by atoms with Gasteiger partial charge in [0.15, 0.2) is 5.69 Å². The summed E-state index contributed by atoms with van der Waals surface area (Å²) in [6, 6.07) is 1.93. The molecule has 3 aromatic rings. The zero-order chi connectivity index (χ0) is 13.9. The van der Waals surface area contributed by atoms with Gasteiger partial charge in [-0.05, 0) is 11.4 Å². The van der Waals surface area contributed by atoms with E-state index in [2.05, 4.69) is 25.6 Å². The van der Waals surface area contributed by atoms with Crippen LogP contribution < -0.4 is 5.32 Å². The van der Waals surface area contributed by atoms with Crippen molar-refractivity contribution in [2.75, 3.05) is 11.9 Å². The fraction of sp³-hybridized carbons (Fsp3) is 0.182. The van der Waals surface area contributed by atoms with Crippen molar-refractivity contribution in [2.45, 2.75) is 6.54 Å². The van der Waals surface area contributed by atoms with Crippen LogP contribution in [0.3, 0.4) is 0 Å². The van der Waals surface area contributed by atoms with E-state index in [-0.39, 0.29) is 5.69 Å². The summed E-state index contributed by atoms with van der Waals surface area (Å²) >= 11 is 1.57. The van der Waals surface area contributed by atoms with Crippen LogP contribution in [0, 0.1) is 0 Å². The minimum atomic E-state index is -1.08. The molecule has 0 atom stereocenters. The van der Waals surface area contributed by atoms with Crippen LogP contribution in [0.4, 0.5) is 5.82 Å². The lowest BCUT2D eigenvalue weighted by molar-refractivity contribution is 0.0690. The molecule has 0 bridgehead atoms. The fourth-order valence-electron chi connectivity index (χ4n) is 1.71. The van der Waals surface area contributed by atoms with Crippen molar-refractivity contribution in [1.82, 2.24) is 25.0 Å². The number of nitrogens with one attached hydrogen (secondary N) is 1. The van der Waals surface area contributed by atoms with Gasteiger partial charge in [-0.1, -0.05) is 5.21 Å². The topological polar surface area (TPSA) is 106 Å². The maximum atomic E-state index is 10.7. The van der Waals surface area contributed by atoms with E-state index in [1.807, 2.05) is 11.4 Å². The van der Waals surface area contributed by atoms with Crippen LogP contribution in [0.2, 0.25) is 0 Å². The summed E-state index contributed by atoms with van der Waals surface area (Å²) in [6.45, 7) is 1.06. The Labute approximate surface area is 117 Å². The van der Waals surface area contributed by atoms with Crippen molar-refractivity contribution in [3.05, 3.63) is 29.7 Å². The number of aromatic carboxylic acids is 1. The van der Waals surface area contributed by atoms with Gasteiger partial charge in [0.25, 0.3) is 0 Å². The van der Waals surface area contributed by atoms with Gasteiger partial charge >= 0.3 is 5.97 Å². The van der Waals surface area contributed by atoms with Gasteiger partial charge in [-0.15, -0.1) is 16.4 Å². The molecule has 20 heavy (non-hydrogen) atoms. The lowest BCUT2D eigenvalue weighted by Crippen LogP contribution is -2.12. The van der Waals surface area contributed by atoms with Crippen LogP contribution in [0.15, 0.2) is 24.0 Å². The van der Waals surface area contributed by atoms with Gasteiger partial charge in [0.1, 0.15) is 12.1 Å². The first-order valence-corrected chi connectivity index (χ1v) is 6.67. The highest BCUT2D eigenvalue weighted by Crippen LogP contribution is 2.24. The Hall–Kier alpha value is -2.55. The number of hydrogen-bond acceptors (Lipinski definition) is 7. The van der Waals surface area contributed by atoms with Crippen molar-refractivity contribution in [1.29, 1.82) is 0 Å². The molecule has 0 unspecified atom stereocenters. The van der Waals surface area contributed by atoms with Crippen molar-refractivity contribution in [2.24, 2.45) is 0 Å². The molecule has 3 rings (SSSR count). The second-order valence-electron chi connectivity index (χ2n) is 3.96. The van der Waals surface area contributed by atoms with Crippen LogP contribution in [0.1, 0.15) is 10.5 Å². The molecule has 0 radical (unpaired) electrons. The monoisotopic (exact) mass is 290 g/mol. The normalized spacial score (nSPS) is 10.8. The summed E-state index contributed by atoms with van der Waals surface area (Å²) in [5.41, 5.74) is 0.842. The minimum Gasteiger partial charge on any atom is -0.476 e. The van der Waals surface area contributed by atoms with Crippen molar-refractivity contribution >= 4 is 33.3 Å². The highest BCUT2D eigenvalue weighted by Gasteiger charge is 2.08. The van der Waals surface area contributed by atoms with E-state index < -0.39 is 5.97 Å². The summed E-state index contributed by atoms with van der Waals surface area (Å²) in [5.74, 6) is -0.316. The molecule has 0 saturated heterocycles. The Balaban J connectivity index is 1.64. The van der Waals surface area contributed by atoms with Crippen LogP contribution in [-0.4, -0.2) is 42.6 Å². The van der Waals surface area contributed by atoms with Crippen LogP contribution in [0.25, 0.3) is 10.2 Å². The summed E-state index contributed by atoms with van der Waals surface area (Å²) < 4.78 is 2.47. The number of thiophene rings is 1. The Morgan fingerprint density at radius 3 is 3.15 bits per heavy atom. The number of rotatable bonds is 5. The van der Waals surface area contributed by atoms with Gasteiger partial charge in [-0.2, -0.15) is 0 Å². The Morgan fingerprint density at radius 2 is 2.35 bits per heavy atom.